The van der Waals surface area contributed by atoms with Gasteiger partial charge < -0.3 is 19.4 Å². The summed E-state index contributed by atoms with van der Waals surface area (Å²) in [6.07, 6.45) is 13.7. The molecular weight excluding hydrogens is 480 g/mol. The van der Waals surface area contributed by atoms with Crippen LogP contribution in [0.15, 0.2) is 67.0 Å². The van der Waals surface area contributed by atoms with Crippen molar-refractivity contribution in [2.24, 2.45) is 5.92 Å². The molecule has 37 heavy (non-hydrogen) atoms. The highest BCUT2D eigenvalue weighted by Gasteiger charge is 2.23. The second-order valence-electron chi connectivity index (χ2n) is 10.6. The summed E-state index contributed by atoms with van der Waals surface area (Å²) in [4.78, 5) is 20.6. The van der Waals surface area contributed by atoms with E-state index in [0.29, 0.717) is 0 Å². The molecule has 2 aliphatic rings. The van der Waals surface area contributed by atoms with Gasteiger partial charge in [0, 0.05) is 61.5 Å². The highest BCUT2D eigenvalue weighted by Crippen LogP contribution is 2.28. The number of aromatic nitrogens is 2. The number of hydrogen-bond acceptors (Lipinski definition) is 2. The Bertz CT molecular complexity index is 1230. The lowest BCUT2D eigenvalue weighted by molar-refractivity contribution is 0.0666. The Balaban J connectivity index is 0.000000269. The highest BCUT2D eigenvalue weighted by atomic mass is 35.5. The zero-order valence-electron chi connectivity index (χ0n) is 22.1. The van der Waals surface area contributed by atoms with Crippen LogP contribution in [0.25, 0.3) is 21.8 Å². The van der Waals surface area contributed by atoms with Gasteiger partial charge in [-0.05, 0) is 49.4 Å². The monoisotopic (exact) mass is 520 g/mol. The van der Waals surface area contributed by atoms with E-state index in [2.05, 4.69) is 70.2 Å². The molecule has 0 spiro atoms. The predicted molar refractivity (Wildman–Crippen MR) is 157 cm³/mol. The van der Waals surface area contributed by atoms with E-state index in [4.69, 9.17) is 0 Å². The van der Waals surface area contributed by atoms with Crippen LogP contribution in [0, 0.1) is 5.92 Å². The van der Waals surface area contributed by atoms with Gasteiger partial charge in [0.1, 0.15) is 0 Å². The van der Waals surface area contributed by atoms with Gasteiger partial charge in [0.05, 0.1) is 5.56 Å². The first-order chi connectivity index (χ1) is 17.7. The predicted octanol–water partition coefficient (Wildman–Crippen LogP) is 6.98. The number of nitrogens with zero attached hydrogens (tertiary/aromatic N) is 3. The quantitative estimate of drug-likeness (QED) is 0.308. The number of amides is 1. The molecule has 4 aromatic rings. The maximum Gasteiger partial charge on any atom is 0.256 e. The third-order valence-corrected chi connectivity index (χ3v) is 8.01. The molecule has 1 aliphatic heterocycles. The molecule has 198 valence electrons. The second-order valence-corrected chi connectivity index (χ2v) is 10.6. The van der Waals surface area contributed by atoms with Crippen LogP contribution in [-0.4, -0.2) is 58.5 Å². The van der Waals surface area contributed by atoms with E-state index < -0.39 is 0 Å². The van der Waals surface area contributed by atoms with Crippen molar-refractivity contribution in [2.45, 2.75) is 51.5 Å². The van der Waals surface area contributed by atoms with Gasteiger partial charge in [0.15, 0.2) is 0 Å². The number of likely N-dealkylation sites (N-methyl/N-ethyl adjacent to an activating group) is 1. The Morgan fingerprint density at radius 1 is 0.919 bits per heavy atom. The van der Waals surface area contributed by atoms with Gasteiger partial charge in [-0.2, -0.15) is 0 Å². The van der Waals surface area contributed by atoms with Crippen molar-refractivity contribution in [3.8, 4) is 0 Å². The molecule has 5 nitrogen and oxygen atoms in total. The fourth-order valence-electron chi connectivity index (χ4n) is 5.80. The van der Waals surface area contributed by atoms with Gasteiger partial charge in [-0.25, -0.2) is 0 Å². The molecule has 1 N–H and O–H groups in total. The number of benzene rings is 2. The molecule has 2 fully saturated rings. The molecule has 2 aromatic heterocycles. The lowest BCUT2D eigenvalue weighted by Gasteiger charge is -2.32. The van der Waals surface area contributed by atoms with Gasteiger partial charge >= 0.3 is 0 Å². The number of fused-ring (bicyclic) bond motifs is 2. The molecule has 6 rings (SSSR count). The van der Waals surface area contributed by atoms with Crippen LogP contribution >= 0.6 is 12.4 Å². The second kappa shape index (κ2) is 13.2. The Labute approximate surface area is 227 Å². The van der Waals surface area contributed by atoms with Crippen LogP contribution < -0.4 is 0 Å². The van der Waals surface area contributed by atoms with Crippen LogP contribution in [0.5, 0.6) is 0 Å². The summed E-state index contributed by atoms with van der Waals surface area (Å²) >= 11 is 0. The number of halogens is 1. The van der Waals surface area contributed by atoms with Gasteiger partial charge in [-0.15, -0.1) is 12.4 Å². The molecule has 0 unspecified atom stereocenters. The Morgan fingerprint density at radius 3 is 2.43 bits per heavy atom. The van der Waals surface area contributed by atoms with E-state index in [-0.39, 0.29) is 18.3 Å². The summed E-state index contributed by atoms with van der Waals surface area (Å²) in [6.45, 7) is 4.61. The van der Waals surface area contributed by atoms with E-state index in [0.717, 1.165) is 49.6 Å². The lowest BCUT2D eigenvalue weighted by Crippen LogP contribution is -2.47. The van der Waals surface area contributed by atoms with Crippen molar-refractivity contribution in [3.63, 3.8) is 0 Å². The number of rotatable bonds is 5. The fourth-order valence-corrected chi connectivity index (χ4v) is 5.80. The van der Waals surface area contributed by atoms with Crippen molar-refractivity contribution in [2.75, 3.05) is 33.2 Å². The van der Waals surface area contributed by atoms with Crippen LogP contribution in [0.3, 0.4) is 0 Å². The van der Waals surface area contributed by atoms with Crippen LogP contribution in [0.1, 0.15) is 55.3 Å². The highest BCUT2D eigenvalue weighted by molar-refractivity contribution is 6.07. The summed E-state index contributed by atoms with van der Waals surface area (Å²) in [5, 5.41) is 2.39. The van der Waals surface area contributed by atoms with E-state index in [9.17, 15) is 4.79 Å². The fraction of sp³-hybridized carbons (Fsp3) is 0.452. The number of aryl methyl sites for hydroxylation is 1. The van der Waals surface area contributed by atoms with Crippen molar-refractivity contribution in [1.82, 2.24) is 19.4 Å². The first kappa shape index (κ1) is 27.3. The summed E-state index contributed by atoms with van der Waals surface area (Å²) in [7, 11) is 2.13. The van der Waals surface area contributed by atoms with E-state index in [1.807, 2.05) is 23.2 Å². The minimum absolute atomic E-state index is 0. The maximum atomic E-state index is 13.1. The van der Waals surface area contributed by atoms with E-state index in [1.54, 1.807) is 0 Å². The Hall–Kier alpha value is -2.76. The topological polar surface area (TPSA) is 44.3 Å². The number of carbonyl (C=O) groups excluding carboxylic acids is 1. The average Bonchev–Trinajstić information content (AvgIpc) is 3.55. The van der Waals surface area contributed by atoms with Gasteiger partial charge in [0.25, 0.3) is 5.91 Å². The molecule has 0 atom stereocenters. The van der Waals surface area contributed by atoms with E-state index >= 15 is 0 Å². The Kier molecular flexibility index (Phi) is 9.70. The molecule has 0 bridgehead atoms. The van der Waals surface area contributed by atoms with Crippen molar-refractivity contribution >= 4 is 40.1 Å². The number of aromatic amines is 1. The van der Waals surface area contributed by atoms with Crippen molar-refractivity contribution in [1.29, 1.82) is 0 Å². The third-order valence-electron chi connectivity index (χ3n) is 8.01. The van der Waals surface area contributed by atoms with Gasteiger partial charge in [0.2, 0.25) is 0 Å². The molecular formula is C31H41ClN4O. The zero-order valence-corrected chi connectivity index (χ0v) is 22.9. The molecule has 1 aliphatic carbocycles. The minimum Gasteiger partial charge on any atom is -0.361 e. The van der Waals surface area contributed by atoms with Crippen molar-refractivity contribution < 1.29 is 4.79 Å². The third kappa shape index (κ3) is 6.77. The molecule has 1 saturated carbocycles. The summed E-state index contributed by atoms with van der Waals surface area (Å²) in [6, 6.07) is 18.7. The summed E-state index contributed by atoms with van der Waals surface area (Å²) in [5.41, 5.74) is 3.30. The largest absolute Gasteiger partial charge is 0.361 e. The normalized spacial score (nSPS) is 16.8. The number of nitrogens with one attached hydrogen (secondary N) is 1. The number of hydrogen-bond donors (Lipinski definition) is 1. The smallest absolute Gasteiger partial charge is 0.256 e. The van der Waals surface area contributed by atoms with Crippen molar-refractivity contribution in [3.05, 3.63) is 72.6 Å². The molecule has 1 amide bonds. The average molecular weight is 521 g/mol. The van der Waals surface area contributed by atoms with Gasteiger partial charge in [-0.1, -0.05) is 68.5 Å². The van der Waals surface area contributed by atoms with E-state index in [1.165, 1.54) is 61.4 Å². The standard InChI is InChI=1S/C23H33N3O.C8H7N.ClH/c1-24-14-16-25(17-15-24)23(27)21-18-26(22-12-6-5-11-20(21)22)13-7-10-19-8-3-2-4-9-19;1-2-4-8-7(3-1)5-6-9-8;/h5-6,11-12,18-19H,2-4,7-10,13-17H2,1H3;1-6,9H;1H. The first-order valence-electron chi connectivity index (χ1n) is 13.8. The number of H-pyrrole nitrogens is 1. The summed E-state index contributed by atoms with van der Waals surface area (Å²) < 4.78 is 2.32. The number of carbonyl (C=O) groups is 1. The molecule has 0 radical (unpaired) electrons. The maximum absolute atomic E-state index is 13.1. The van der Waals surface area contributed by atoms with Gasteiger partial charge in [-0.3, -0.25) is 4.79 Å². The molecule has 1 saturated heterocycles. The number of para-hydroxylation sites is 2. The SMILES string of the molecule is CN1CCN(C(=O)c2cn(CCCC3CCCCC3)c3ccccc23)CC1.Cl.c1ccc2[nH]ccc2c1. The van der Waals surface area contributed by atoms with Crippen LogP contribution in [0.4, 0.5) is 0 Å². The molecule has 3 heterocycles. The molecule has 2 aromatic carbocycles. The summed E-state index contributed by atoms with van der Waals surface area (Å²) in [5.74, 6) is 1.12. The zero-order chi connectivity index (χ0) is 24.7. The van der Waals surface area contributed by atoms with Crippen LogP contribution in [0.2, 0.25) is 0 Å². The lowest BCUT2D eigenvalue weighted by atomic mass is 9.86. The number of piperazine rings is 1. The Morgan fingerprint density at radius 2 is 1.65 bits per heavy atom. The first-order valence-corrected chi connectivity index (χ1v) is 13.8. The minimum atomic E-state index is 0. The van der Waals surface area contributed by atoms with Crippen LogP contribution in [-0.2, 0) is 6.54 Å². The molecule has 6 heteroatoms.